The first-order valence-corrected chi connectivity index (χ1v) is 6.77. The van der Waals surface area contributed by atoms with Crippen LogP contribution in [0.25, 0.3) is 0 Å². The molecule has 5 heteroatoms. The van der Waals surface area contributed by atoms with Gasteiger partial charge >= 0.3 is 5.97 Å². The molecule has 0 aliphatic carbocycles. The number of carbonyl (C=O) groups is 2. The molecule has 1 amide bonds. The molecule has 5 nitrogen and oxygen atoms in total. The van der Waals surface area contributed by atoms with Crippen LogP contribution in [0, 0.1) is 12.8 Å². The fourth-order valence-corrected chi connectivity index (χ4v) is 2.50. The molecule has 2 N–H and O–H groups in total. The molecule has 1 atom stereocenters. The lowest BCUT2D eigenvalue weighted by Gasteiger charge is -2.36. The zero-order valence-electron chi connectivity index (χ0n) is 11.8. The standard InChI is InChI=1S/C15H20N2O3/c1-10-5-3-4-6-13(10)11(2)16-14(18)9-17-7-12(8-17)15(19)20/h3-6,11-12H,7-9H2,1-2H3,(H,16,18)(H,19,20). The van der Waals surface area contributed by atoms with Crippen molar-refractivity contribution in [2.45, 2.75) is 19.9 Å². The van der Waals surface area contributed by atoms with Crippen molar-refractivity contribution < 1.29 is 14.7 Å². The second-order valence-corrected chi connectivity index (χ2v) is 5.38. The second kappa shape index (κ2) is 6.05. The number of aryl methyl sites for hydroxylation is 1. The van der Waals surface area contributed by atoms with Crippen molar-refractivity contribution >= 4 is 11.9 Å². The first-order chi connectivity index (χ1) is 9.47. The number of nitrogens with one attached hydrogen (secondary N) is 1. The molecule has 1 fully saturated rings. The third kappa shape index (κ3) is 3.36. The first-order valence-electron chi connectivity index (χ1n) is 6.77. The summed E-state index contributed by atoms with van der Waals surface area (Å²) in [6.45, 7) is 5.16. The van der Waals surface area contributed by atoms with Gasteiger partial charge in [0.05, 0.1) is 18.5 Å². The summed E-state index contributed by atoms with van der Waals surface area (Å²) in [6, 6.07) is 7.91. The summed E-state index contributed by atoms with van der Waals surface area (Å²) in [5.74, 6) is -1.17. The van der Waals surface area contributed by atoms with Crippen LogP contribution in [0.2, 0.25) is 0 Å². The monoisotopic (exact) mass is 276 g/mol. The Hall–Kier alpha value is -1.88. The molecule has 1 saturated heterocycles. The van der Waals surface area contributed by atoms with Crippen molar-refractivity contribution in [2.24, 2.45) is 5.92 Å². The minimum absolute atomic E-state index is 0.0414. The SMILES string of the molecule is Cc1ccccc1C(C)NC(=O)CN1CC(C(=O)O)C1. The lowest BCUT2D eigenvalue weighted by atomic mass is 10.0. The van der Waals surface area contributed by atoms with E-state index >= 15 is 0 Å². The number of carboxylic acid groups (broad SMARTS) is 1. The Morgan fingerprint density at radius 2 is 2.05 bits per heavy atom. The molecule has 1 aliphatic rings. The molecular weight excluding hydrogens is 256 g/mol. The van der Waals surface area contributed by atoms with Gasteiger partial charge in [-0.25, -0.2) is 0 Å². The predicted octanol–water partition coefficient (Wildman–Crippen LogP) is 1.19. The number of hydrogen-bond donors (Lipinski definition) is 2. The van der Waals surface area contributed by atoms with E-state index in [9.17, 15) is 9.59 Å². The van der Waals surface area contributed by atoms with Gasteiger partial charge in [0.15, 0.2) is 0 Å². The summed E-state index contributed by atoms with van der Waals surface area (Å²) in [5, 5.41) is 11.7. The van der Waals surface area contributed by atoms with Gasteiger partial charge in [-0.1, -0.05) is 24.3 Å². The van der Waals surface area contributed by atoms with Crippen LogP contribution < -0.4 is 5.32 Å². The Morgan fingerprint density at radius 3 is 2.65 bits per heavy atom. The summed E-state index contributed by atoms with van der Waals surface area (Å²) in [5.41, 5.74) is 2.25. The molecule has 1 heterocycles. The largest absolute Gasteiger partial charge is 0.481 e. The fourth-order valence-electron chi connectivity index (χ4n) is 2.50. The van der Waals surface area contributed by atoms with Gasteiger partial charge < -0.3 is 10.4 Å². The Bertz CT molecular complexity index is 510. The summed E-state index contributed by atoms with van der Waals surface area (Å²) < 4.78 is 0. The highest BCUT2D eigenvalue weighted by atomic mass is 16.4. The lowest BCUT2D eigenvalue weighted by molar-refractivity contribution is -0.148. The summed E-state index contributed by atoms with van der Waals surface area (Å²) >= 11 is 0. The van der Waals surface area contributed by atoms with E-state index in [1.807, 2.05) is 43.0 Å². The number of aliphatic carboxylic acids is 1. The van der Waals surface area contributed by atoms with Gasteiger partial charge in [0.1, 0.15) is 0 Å². The third-order valence-electron chi connectivity index (χ3n) is 3.71. The molecular formula is C15H20N2O3. The van der Waals surface area contributed by atoms with Gasteiger partial charge in [0, 0.05) is 13.1 Å². The van der Waals surface area contributed by atoms with Crippen LogP contribution in [0.15, 0.2) is 24.3 Å². The van der Waals surface area contributed by atoms with Gasteiger partial charge in [0.2, 0.25) is 5.91 Å². The maximum Gasteiger partial charge on any atom is 0.309 e. The van der Waals surface area contributed by atoms with Crippen molar-refractivity contribution in [3.05, 3.63) is 35.4 Å². The number of amides is 1. The molecule has 20 heavy (non-hydrogen) atoms. The topological polar surface area (TPSA) is 69.6 Å². The highest BCUT2D eigenvalue weighted by Gasteiger charge is 2.33. The van der Waals surface area contributed by atoms with Crippen LogP contribution in [0.5, 0.6) is 0 Å². The van der Waals surface area contributed by atoms with Crippen LogP contribution >= 0.6 is 0 Å². The second-order valence-electron chi connectivity index (χ2n) is 5.38. The molecule has 0 bridgehead atoms. The van der Waals surface area contributed by atoms with Crippen molar-refractivity contribution in [3.63, 3.8) is 0 Å². The molecule has 0 radical (unpaired) electrons. The molecule has 1 aliphatic heterocycles. The van der Waals surface area contributed by atoms with Crippen LogP contribution in [-0.2, 0) is 9.59 Å². The summed E-state index contributed by atoms with van der Waals surface area (Å²) in [6.07, 6.45) is 0. The molecule has 1 aromatic rings. The number of carbonyl (C=O) groups excluding carboxylic acids is 1. The van der Waals surface area contributed by atoms with Crippen molar-refractivity contribution in [3.8, 4) is 0 Å². The van der Waals surface area contributed by atoms with E-state index < -0.39 is 5.97 Å². The molecule has 1 unspecified atom stereocenters. The smallest absolute Gasteiger partial charge is 0.309 e. The maximum atomic E-state index is 11.9. The molecule has 0 saturated carbocycles. The van der Waals surface area contributed by atoms with Gasteiger partial charge in [-0.15, -0.1) is 0 Å². The number of nitrogens with zero attached hydrogens (tertiary/aromatic N) is 1. The van der Waals surface area contributed by atoms with Crippen LogP contribution in [0.3, 0.4) is 0 Å². The zero-order valence-corrected chi connectivity index (χ0v) is 11.8. The van der Waals surface area contributed by atoms with E-state index in [2.05, 4.69) is 5.32 Å². The minimum Gasteiger partial charge on any atom is -0.481 e. The van der Waals surface area contributed by atoms with E-state index in [4.69, 9.17) is 5.11 Å². The van der Waals surface area contributed by atoms with Gasteiger partial charge in [-0.05, 0) is 25.0 Å². The van der Waals surface area contributed by atoms with E-state index in [0.717, 1.165) is 11.1 Å². The van der Waals surface area contributed by atoms with E-state index in [1.54, 1.807) is 0 Å². The number of rotatable bonds is 5. The number of likely N-dealkylation sites (tertiary alicyclic amines) is 1. The van der Waals surface area contributed by atoms with Crippen LogP contribution in [-0.4, -0.2) is 41.5 Å². The zero-order chi connectivity index (χ0) is 14.7. The Balaban J connectivity index is 1.81. The lowest BCUT2D eigenvalue weighted by Crippen LogP contribution is -2.53. The van der Waals surface area contributed by atoms with E-state index in [0.29, 0.717) is 13.1 Å². The maximum absolute atomic E-state index is 11.9. The van der Waals surface area contributed by atoms with Crippen LogP contribution in [0.1, 0.15) is 24.1 Å². The number of carboxylic acids is 1. The quantitative estimate of drug-likeness (QED) is 0.847. The molecule has 0 spiro atoms. The first kappa shape index (κ1) is 14.5. The normalized spacial score (nSPS) is 17.3. The summed E-state index contributed by atoms with van der Waals surface area (Å²) in [4.78, 5) is 24.4. The van der Waals surface area contributed by atoms with Crippen LogP contribution in [0.4, 0.5) is 0 Å². The molecule has 108 valence electrons. The Morgan fingerprint density at radius 1 is 1.40 bits per heavy atom. The van der Waals surface area contributed by atoms with Crippen molar-refractivity contribution in [1.82, 2.24) is 10.2 Å². The Kier molecular flexibility index (Phi) is 4.39. The fraction of sp³-hybridized carbons (Fsp3) is 0.467. The van der Waals surface area contributed by atoms with Gasteiger partial charge in [0.25, 0.3) is 0 Å². The third-order valence-corrected chi connectivity index (χ3v) is 3.71. The molecule has 0 aromatic heterocycles. The minimum atomic E-state index is -0.782. The number of benzene rings is 1. The average Bonchev–Trinajstić information content (AvgIpc) is 2.33. The highest BCUT2D eigenvalue weighted by Crippen LogP contribution is 2.18. The number of hydrogen-bond acceptors (Lipinski definition) is 3. The highest BCUT2D eigenvalue weighted by molar-refractivity contribution is 5.79. The summed E-state index contributed by atoms with van der Waals surface area (Å²) in [7, 11) is 0. The van der Waals surface area contributed by atoms with Crippen molar-refractivity contribution in [1.29, 1.82) is 0 Å². The van der Waals surface area contributed by atoms with Crippen molar-refractivity contribution in [2.75, 3.05) is 19.6 Å². The van der Waals surface area contributed by atoms with Gasteiger partial charge in [-0.2, -0.15) is 0 Å². The average molecular weight is 276 g/mol. The Labute approximate surface area is 118 Å². The van der Waals surface area contributed by atoms with E-state index in [-0.39, 0.29) is 24.4 Å². The molecule has 2 rings (SSSR count). The van der Waals surface area contributed by atoms with E-state index in [1.165, 1.54) is 0 Å². The van der Waals surface area contributed by atoms with Gasteiger partial charge in [-0.3, -0.25) is 14.5 Å². The predicted molar refractivity (Wildman–Crippen MR) is 75.3 cm³/mol. The molecule has 1 aromatic carbocycles.